The highest BCUT2D eigenvalue weighted by atomic mass is 19.4. The summed E-state index contributed by atoms with van der Waals surface area (Å²) in [5.74, 6) is -1.42. The van der Waals surface area contributed by atoms with Gasteiger partial charge in [0.2, 0.25) is 5.91 Å². The fourth-order valence-electron chi connectivity index (χ4n) is 3.18. The Morgan fingerprint density at radius 3 is 2.63 bits per heavy atom. The van der Waals surface area contributed by atoms with Gasteiger partial charge in [0, 0.05) is 19.0 Å². The summed E-state index contributed by atoms with van der Waals surface area (Å²) in [5.41, 5.74) is 0.0787. The van der Waals surface area contributed by atoms with E-state index in [1.54, 1.807) is 6.07 Å². The Labute approximate surface area is 153 Å². The minimum atomic E-state index is -4.46. The number of carbonyl (C=O) groups excluding carboxylic acids is 1. The summed E-state index contributed by atoms with van der Waals surface area (Å²) in [6.45, 7) is 0.185. The lowest BCUT2D eigenvalue weighted by atomic mass is 9.93. The van der Waals surface area contributed by atoms with Gasteiger partial charge < -0.3 is 15.7 Å². The minimum Gasteiger partial charge on any atom is -0.390 e. The zero-order chi connectivity index (χ0) is 19.6. The van der Waals surface area contributed by atoms with Crippen LogP contribution in [-0.4, -0.2) is 29.7 Å². The van der Waals surface area contributed by atoms with Crippen LogP contribution in [-0.2, 0) is 17.5 Å². The maximum absolute atomic E-state index is 13.4. The van der Waals surface area contributed by atoms with Crippen molar-refractivity contribution in [3.05, 3.63) is 71.0 Å². The molecule has 0 saturated carbocycles. The molecule has 1 fully saturated rings. The zero-order valence-corrected chi connectivity index (χ0v) is 14.1. The van der Waals surface area contributed by atoms with Gasteiger partial charge in [0.15, 0.2) is 0 Å². The second kappa shape index (κ2) is 7.66. The highest BCUT2D eigenvalue weighted by Gasteiger charge is 2.39. The van der Waals surface area contributed by atoms with E-state index in [2.05, 4.69) is 10.6 Å². The number of rotatable bonds is 4. The summed E-state index contributed by atoms with van der Waals surface area (Å²) in [7, 11) is 0. The molecule has 2 aromatic rings. The van der Waals surface area contributed by atoms with Gasteiger partial charge in [0.25, 0.3) is 0 Å². The number of carbonyl (C=O) groups is 1. The molecule has 8 heteroatoms. The second-order valence-electron chi connectivity index (χ2n) is 6.45. The van der Waals surface area contributed by atoms with Crippen molar-refractivity contribution in [1.29, 1.82) is 0 Å². The van der Waals surface area contributed by atoms with Gasteiger partial charge in [0.05, 0.1) is 11.7 Å². The molecule has 1 saturated heterocycles. The molecule has 2 aromatic carbocycles. The van der Waals surface area contributed by atoms with Gasteiger partial charge in [-0.3, -0.25) is 4.79 Å². The van der Waals surface area contributed by atoms with E-state index in [1.165, 1.54) is 30.3 Å². The van der Waals surface area contributed by atoms with Crippen LogP contribution in [0.5, 0.6) is 0 Å². The van der Waals surface area contributed by atoms with E-state index in [-0.39, 0.29) is 13.1 Å². The lowest BCUT2D eigenvalue weighted by molar-refractivity contribution is -0.137. The van der Waals surface area contributed by atoms with E-state index >= 15 is 0 Å². The Morgan fingerprint density at radius 1 is 1.19 bits per heavy atom. The molecule has 1 heterocycles. The molecule has 0 unspecified atom stereocenters. The zero-order valence-electron chi connectivity index (χ0n) is 14.1. The first-order valence-corrected chi connectivity index (χ1v) is 8.36. The minimum absolute atomic E-state index is 0.0989. The lowest BCUT2D eigenvalue weighted by Gasteiger charge is -2.19. The summed E-state index contributed by atoms with van der Waals surface area (Å²) in [6, 6.07) is 9.53. The van der Waals surface area contributed by atoms with Gasteiger partial charge in [-0.05, 0) is 35.4 Å². The van der Waals surface area contributed by atoms with Crippen LogP contribution in [0.15, 0.2) is 48.5 Å². The Balaban J connectivity index is 1.62. The van der Waals surface area contributed by atoms with Gasteiger partial charge in [-0.2, -0.15) is 13.2 Å². The third kappa shape index (κ3) is 4.45. The molecule has 1 amide bonds. The molecule has 0 aromatic heterocycles. The Hall–Kier alpha value is -2.45. The molecule has 144 valence electrons. The number of aliphatic hydroxyl groups is 1. The van der Waals surface area contributed by atoms with Crippen molar-refractivity contribution in [2.75, 3.05) is 6.54 Å². The van der Waals surface area contributed by atoms with Crippen molar-refractivity contribution >= 4 is 5.91 Å². The number of hydrogen-bond donors (Lipinski definition) is 3. The molecule has 27 heavy (non-hydrogen) atoms. The number of benzene rings is 2. The van der Waals surface area contributed by atoms with Gasteiger partial charge in [-0.25, -0.2) is 4.39 Å². The van der Waals surface area contributed by atoms with Gasteiger partial charge in [0.1, 0.15) is 11.9 Å². The normalized spacial score (nSPS) is 22.6. The van der Waals surface area contributed by atoms with Crippen molar-refractivity contribution in [3.8, 4) is 0 Å². The predicted molar refractivity (Wildman–Crippen MR) is 90.2 cm³/mol. The van der Waals surface area contributed by atoms with E-state index in [0.717, 1.165) is 12.1 Å². The third-order valence-electron chi connectivity index (χ3n) is 4.59. The molecule has 1 aliphatic rings. The van der Waals surface area contributed by atoms with Crippen LogP contribution in [0.1, 0.15) is 22.6 Å². The molecular weight excluding hydrogens is 364 g/mol. The number of aliphatic hydroxyl groups excluding tert-OH is 1. The quantitative estimate of drug-likeness (QED) is 0.713. The molecule has 4 nitrogen and oxygen atoms in total. The molecule has 0 bridgehead atoms. The van der Waals surface area contributed by atoms with Crippen molar-refractivity contribution in [2.45, 2.75) is 30.8 Å². The van der Waals surface area contributed by atoms with Gasteiger partial charge >= 0.3 is 6.18 Å². The third-order valence-corrected chi connectivity index (χ3v) is 4.59. The summed E-state index contributed by atoms with van der Waals surface area (Å²) in [6.07, 6.45) is -5.53. The van der Waals surface area contributed by atoms with E-state index in [9.17, 15) is 27.5 Å². The monoisotopic (exact) mass is 382 g/mol. The highest BCUT2D eigenvalue weighted by Crippen LogP contribution is 2.30. The molecule has 1 aliphatic heterocycles. The van der Waals surface area contributed by atoms with Crippen LogP contribution >= 0.6 is 0 Å². The Bertz CT molecular complexity index is 825. The molecule has 3 rings (SSSR count). The van der Waals surface area contributed by atoms with E-state index in [4.69, 9.17) is 0 Å². The number of nitrogens with one attached hydrogen (secondary N) is 2. The maximum atomic E-state index is 13.4. The maximum Gasteiger partial charge on any atom is 0.416 e. The van der Waals surface area contributed by atoms with Crippen LogP contribution in [0.2, 0.25) is 0 Å². The Morgan fingerprint density at radius 2 is 1.93 bits per heavy atom. The molecule has 0 spiro atoms. The SMILES string of the molecule is O=C(NCc1cccc(C(F)(F)F)c1)[C@H]1NC[C@H](c2cccc(F)c2)[C@H]1O. The highest BCUT2D eigenvalue weighted by molar-refractivity contribution is 5.83. The number of amides is 1. The van der Waals surface area contributed by atoms with E-state index in [1.807, 2.05) is 0 Å². The fraction of sp³-hybridized carbons (Fsp3) is 0.316. The van der Waals surface area contributed by atoms with Crippen LogP contribution in [0.25, 0.3) is 0 Å². The topological polar surface area (TPSA) is 61.4 Å². The summed E-state index contributed by atoms with van der Waals surface area (Å²) in [4.78, 5) is 12.3. The predicted octanol–water partition coefficient (Wildman–Crippen LogP) is 2.58. The van der Waals surface area contributed by atoms with Crippen LogP contribution in [0.3, 0.4) is 0 Å². The average molecular weight is 382 g/mol. The van der Waals surface area contributed by atoms with Crippen molar-refractivity contribution < 1.29 is 27.5 Å². The van der Waals surface area contributed by atoms with Crippen LogP contribution in [0, 0.1) is 5.82 Å². The second-order valence-corrected chi connectivity index (χ2v) is 6.45. The van der Waals surface area contributed by atoms with Crippen molar-refractivity contribution in [2.24, 2.45) is 0 Å². The number of halogens is 4. The summed E-state index contributed by atoms with van der Waals surface area (Å²) in [5, 5.41) is 15.8. The van der Waals surface area contributed by atoms with Crippen molar-refractivity contribution in [1.82, 2.24) is 10.6 Å². The van der Waals surface area contributed by atoms with Gasteiger partial charge in [-0.15, -0.1) is 0 Å². The van der Waals surface area contributed by atoms with Crippen LogP contribution in [0.4, 0.5) is 17.6 Å². The molecule has 0 aliphatic carbocycles. The lowest BCUT2D eigenvalue weighted by Crippen LogP contribution is -2.46. The van der Waals surface area contributed by atoms with E-state index in [0.29, 0.717) is 11.1 Å². The van der Waals surface area contributed by atoms with E-state index < -0.39 is 41.5 Å². The molecular formula is C19H18F4N2O2. The fourth-order valence-corrected chi connectivity index (χ4v) is 3.18. The molecule has 3 N–H and O–H groups in total. The van der Waals surface area contributed by atoms with Gasteiger partial charge in [-0.1, -0.05) is 24.3 Å². The Kier molecular flexibility index (Phi) is 5.48. The largest absolute Gasteiger partial charge is 0.416 e. The first-order valence-electron chi connectivity index (χ1n) is 8.36. The number of alkyl halides is 3. The summed E-state index contributed by atoms with van der Waals surface area (Å²) < 4.78 is 51.6. The molecule has 3 atom stereocenters. The first kappa shape index (κ1) is 19.3. The van der Waals surface area contributed by atoms with Crippen LogP contribution < -0.4 is 10.6 Å². The smallest absolute Gasteiger partial charge is 0.390 e. The first-order chi connectivity index (χ1) is 12.8. The number of hydrogen-bond acceptors (Lipinski definition) is 3. The molecule has 0 radical (unpaired) electrons. The summed E-state index contributed by atoms with van der Waals surface area (Å²) >= 11 is 0. The standard InChI is InChI=1S/C19H18F4N2O2/c20-14-6-2-4-12(8-14)15-10-24-16(17(15)26)18(27)25-9-11-3-1-5-13(7-11)19(21,22)23/h1-8,15-17,24,26H,9-10H2,(H,25,27)/t15-,16+,17-/m1/s1. The van der Waals surface area contributed by atoms with Crippen molar-refractivity contribution in [3.63, 3.8) is 0 Å². The average Bonchev–Trinajstić information content (AvgIpc) is 3.01.